The number of hydrogen-bond acceptors (Lipinski definition) is 9. The number of hydrogen-bond donors (Lipinski definition) is 4. The maximum Gasteiger partial charge on any atom is 0.295 e. The van der Waals surface area contributed by atoms with Crippen molar-refractivity contribution in [3.8, 4) is 22.9 Å². The lowest BCUT2D eigenvalue weighted by Gasteiger charge is -2.38. The van der Waals surface area contributed by atoms with E-state index >= 15 is 0 Å². The Morgan fingerprint density at radius 1 is 1.07 bits per heavy atom. The maximum absolute atomic E-state index is 11.3. The SMILES string of the molecule is N#Cc1cccc(-c2cncc(O[C@@H]3OC(S(=O)(=O)O)[C@@H](O)[C@H](O)[C@H]3O)c2)c1. The summed E-state index contributed by atoms with van der Waals surface area (Å²) >= 11 is 0. The first-order valence-electron chi connectivity index (χ1n) is 7.99. The first kappa shape index (κ1) is 20.2. The van der Waals surface area contributed by atoms with Crippen molar-refractivity contribution in [3.63, 3.8) is 0 Å². The summed E-state index contributed by atoms with van der Waals surface area (Å²) < 4.78 is 42.1. The van der Waals surface area contributed by atoms with Crippen molar-refractivity contribution in [1.82, 2.24) is 4.98 Å². The fourth-order valence-corrected chi connectivity index (χ4v) is 3.47. The molecule has 1 unspecified atom stereocenters. The molecule has 2 heterocycles. The summed E-state index contributed by atoms with van der Waals surface area (Å²) in [6, 6.07) is 10.2. The van der Waals surface area contributed by atoms with Crippen molar-refractivity contribution in [2.45, 2.75) is 30.0 Å². The Balaban J connectivity index is 1.86. The molecule has 1 aliphatic rings. The van der Waals surface area contributed by atoms with E-state index in [9.17, 15) is 23.7 Å². The van der Waals surface area contributed by atoms with Crippen LogP contribution in [0.2, 0.25) is 0 Å². The van der Waals surface area contributed by atoms with Gasteiger partial charge in [-0.25, -0.2) is 0 Å². The van der Waals surface area contributed by atoms with Gasteiger partial charge in [0.05, 0.1) is 17.8 Å². The van der Waals surface area contributed by atoms with Gasteiger partial charge >= 0.3 is 0 Å². The van der Waals surface area contributed by atoms with Crippen LogP contribution in [0.5, 0.6) is 5.75 Å². The molecule has 5 atom stereocenters. The van der Waals surface area contributed by atoms with Gasteiger partial charge in [-0.15, -0.1) is 0 Å². The van der Waals surface area contributed by atoms with Crippen LogP contribution in [0, 0.1) is 11.3 Å². The van der Waals surface area contributed by atoms with E-state index in [-0.39, 0.29) is 5.75 Å². The number of nitriles is 1. The van der Waals surface area contributed by atoms with E-state index in [1.807, 2.05) is 6.07 Å². The highest BCUT2D eigenvalue weighted by Gasteiger charge is 2.50. The lowest BCUT2D eigenvalue weighted by molar-refractivity contribution is -0.254. The minimum Gasteiger partial charge on any atom is -0.460 e. The minimum absolute atomic E-state index is 0.0570. The molecule has 0 bridgehead atoms. The van der Waals surface area contributed by atoms with Crippen LogP contribution < -0.4 is 4.74 Å². The van der Waals surface area contributed by atoms with E-state index in [1.54, 1.807) is 24.3 Å². The predicted octanol–water partition coefficient (Wildman–Crippen LogP) is -0.348. The van der Waals surface area contributed by atoms with E-state index in [4.69, 9.17) is 19.3 Å². The molecule has 11 heteroatoms. The third kappa shape index (κ3) is 4.12. The third-order valence-corrected chi connectivity index (χ3v) is 5.09. The molecule has 1 aliphatic heterocycles. The molecule has 148 valence electrons. The third-order valence-electron chi connectivity index (χ3n) is 4.11. The molecule has 4 N–H and O–H groups in total. The first-order valence-corrected chi connectivity index (χ1v) is 9.49. The quantitative estimate of drug-likeness (QED) is 0.490. The molecule has 0 spiro atoms. The lowest BCUT2D eigenvalue weighted by Crippen LogP contribution is -2.61. The first-order chi connectivity index (χ1) is 13.2. The molecule has 0 saturated carbocycles. The molecular weight excluding hydrogens is 392 g/mol. The van der Waals surface area contributed by atoms with Crippen molar-refractivity contribution in [2.75, 3.05) is 0 Å². The molecular formula is C17H16N2O8S. The number of benzene rings is 1. The van der Waals surface area contributed by atoms with Gasteiger partial charge in [-0.2, -0.15) is 13.7 Å². The van der Waals surface area contributed by atoms with E-state index in [0.29, 0.717) is 16.7 Å². The highest BCUT2D eigenvalue weighted by atomic mass is 32.2. The molecule has 0 amide bonds. The number of aliphatic hydroxyl groups excluding tert-OH is 3. The van der Waals surface area contributed by atoms with E-state index in [0.717, 1.165) is 0 Å². The van der Waals surface area contributed by atoms with E-state index < -0.39 is 40.2 Å². The summed E-state index contributed by atoms with van der Waals surface area (Å²) in [5.74, 6) is 0.0570. The monoisotopic (exact) mass is 408 g/mol. The second kappa shape index (κ2) is 7.80. The molecule has 1 aromatic heterocycles. The van der Waals surface area contributed by atoms with Crippen LogP contribution in [-0.2, 0) is 14.9 Å². The molecule has 2 aromatic rings. The Morgan fingerprint density at radius 3 is 2.50 bits per heavy atom. The topological polar surface area (TPSA) is 170 Å². The Kier molecular flexibility index (Phi) is 5.61. The van der Waals surface area contributed by atoms with Crippen LogP contribution in [0.4, 0.5) is 0 Å². The Morgan fingerprint density at radius 2 is 1.82 bits per heavy atom. The number of pyridine rings is 1. The Bertz CT molecular complexity index is 1010. The van der Waals surface area contributed by atoms with Gasteiger partial charge in [-0.3, -0.25) is 9.54 Å². The smallest absolute Gasteiger partial charge is 0.295 e. The number of nitrogens with zero attached hydrogens (tertiary/aromatic N) is 2. The molecule has 0 radical (unpaired) electrons. The summed E-state index contributed by atoms with van der Waals surface area (Å²) in [4.78, 5) is 3.98. The van der Waals surface area contributed by atoms with Crippen molar-refractivity contribution >= 4 is 10.1 Å². The summed E-state index contributed by atoms with van der Waals surface area (Å²) in [5, 5.41) is 38.5. The summed E-state index contributed by atoms with van der Waals surface area (Å²) in [5.41, 5.74) is -0.539. The highest BCUT2D eigenvalue weighted by molar-refractivity contribution is 7.86. The van der Waals surface area contributed by atoms with Gasteiger partial charge < -0.3 is 24.8 Å². The van der Waals surface area contributed by atoms with Gasteiger partial charge in [0.1, 0.15) is 24.1 Å². The molecule has 10 nitrogen and oxygen atoms in total. The Labute approximate surface area is 160 Å². The van der Waals surface area contributed by atoms with Crippen LogP contribution in [-0.4, -0.2) is 63.3 Å². The van der Waals surface area contributed by atoms with Crippen LogP contribution in [0.1, 0.15) is 5.56 Å². The minimum atomic E-state index is -4.89. The van der Waals surface area contributed by atoms with Crippen molar-refractivity contribution in [1.29, 1.82) is 5.26 Å². The number of aliphatic hydroxyl groups is 3. The van der Waals surface area contributed by atoms with Crippen molar-refractivity contribution in [2.24, 2.45) is 0 Å². The average Bonchev–Trinajstić information content (AvgIpc) is 2.67. The van der Waals surface area contributed by atoms with Gasteiger partial charge in [-0.05, 0) is 23.8 Å². The zero-order valence-electron chi connectivity index (χ0n) is 14.2. The molecule has 28 heavy (non-hydrogen) atoms. The van der Waals surface area contributed by atoms with Crippen LogP contribution in [0.25, 0.3) is 11.1 Å². The van der Waals surface area contributed by atoms with Gasteiger partial charge in [0.15, 0.2) is 0 Å². The number of rotatable bonds is 4. The number of aromatic nitrogens is 1. The van der Waals surface area contributed by atoms with Gasteiger partial charge in [-0.1, -0.05) is 12.1 Å². The van der Waals surface area contributed by atoms with E-state index in [1.165, 1.54) is 18.5 Å². The van der Waals surface area contributed by atoms with Crippen molar-refractivity contribution < 1.29 is 37.8 Å². The van der Waals surface area contributed by atoms with E-state index in [2.05, 4.69) is 4.98 Å². The fraction of sp³-hybridized carbons (Fsp3) is 0.294. The zero-order chi connectivity index (χ0) is 20.5. The predicted molar refractivity (Wildman–Crippen MR) is 93.2 cm³/mol. The lowest BCUT2D eigenvalue weighted by atomic mass is 10.0. The summed E-state index contributed by atoms with van der Waals surface area (Å²) in [6.07, 6.45) is -4.74. The Hall–Kier alpha value is -2.59. The second-order valence-electron chi connectivity index (χ2n) is 6.08. The normalized spacial score (nSPS) is 27.8. The maximum atomic E-state index is 11.3. The second-order valence-corrected chi connectivity index (χ2v) is 7.57. The fourth-order valence-electron chi connectivity index (χ4n) is 2.70. The summed E-state index contributed by atoms with van der Waals surface area (Å²) in [6.45, 7) is 0. The van der Waals surface area contributed by atoms with Gasteiger partial charge in [0, 0.05) is 11.8 Å². The zero-order valence-corrected chi connectivity index (χ0v) is 15.0. The molecule has 1 aromatic carbocycles. The van der Waals surface area contributed by atoms with Crippen LogP contribution >= 0.6 is 0 Å². The van der Waals surface area contributed by atoms with Gasteiger partial charge in [0.2, 0.25) is 11.7 Å². The molecule has 0 aliphatic carbocycles. The molecule has 1 saturated heterocycles. The van der Waals surface area contributed by atoms with Crippen molar-refractivity contribution in [3.05, 3.63) is 48.3 Å². The highest BCUT2D eigenvalue weighted by Crippen LogP contribution is 2.28. The van der Waals surface area contributed by atoms with Gasteiger partial charge in [0.25, 0.3) is 10.1 Å². The summed E-state index contributed by atoms with van der Waals surface area (Å²) in [7, 11) is -4.89. The standard InChI is InChI=1S/C17H16N2O8S/c18-6-9-2-1-3-10(4-9)11-5-12(8-19-7-11)26-16-14(21)13(20)15(22)17(27-16)28(23,24)25/h1-5,7-8,13-17,20-22H,(H,23,24,25)/t13-,14-,15+,16-,17?/m1/s1. The van der Waals surface area contributed by atoms with Crippen LogP contribution in [0.3, 0.4) is 0 Å². The van der Waals surface area contributed by atoms with Crippen LogP contribution in [0.15, 0.2) is 42.7 Å². The molecule has 3 rings (SSSR count). The largest absolute Gasteiger partial charge is 0.460 e. The average molecular weight is 408 g/mol. The number of ether oxygens (including phenoxy) is 2. The molecule has 1 fully saturated rings.